The lowest BCUT2D eigenvalue weighted by Gasteiger charge is -2.08. The molecule has 5 nitrogen and oxygen atoms in total. The number of rotatable bonds is 4. The summed E-state index contributed by atoms with van der Waals surface area (Å²) in [5, 5.41) is 17.1. The normalized spacial score (nSPS) is 12.1. The van der Waals surface area contributed by atoms with Crippen LogP contribution in [0.2, 0.25) is 0 Å². The molecule has 15 heavy (non-hydrogen) atoms. The highest BCUT2D eigenvalue weighted by Crippen LogP contribution is 2.14. The number of carboxylic acid groups (broad SMARTS) is 2. The van der Waals surface area contributed by atoms with Gasteiger partial charge in [-0.3, -0.25) is 4.79 Å². The fourth-order valence-electron chi connectivity index (χ4n) is 1.18. The van der Waals surface area contributed by atoms with E-state index in [4.69, 9.17) is 15.9 Å². The van der Waals surface area contributed by atoms with Crippen LogP contribution >= 0.6 is 0 Å². The number of aromatic carboxylic acids is 1. The summed E-state index contributed by atoms with van der Waals surface area (Å²) < 4.78 is 0. The zero-order valence-corrected chi connectivity index (χ0v) is 7.88. The summed E-state index contributed by atoms with van der Waals surface area (Å²) in [5.74, 6) is -2.00. The largest absolute Gasteiger partial charge is 0.481 e. The molecule has 4 N–H and O–H groups in total. The van der Waals surface area contributed by atoms with Gasteiger partial charge in [-0.25, -0.2) is 4.79 Å². The van der Waals surface area contributed by atoms with Crippen LogP contribution in [0.5, 0.6) is 0 Å². The second kappa shape index (κ2) is 4.56. The predicted octanol–water partition coefficient (Wildman–Crippen LogP) is 0.859. The van der Waals surface area contributed by atoms with Gasteiger partial charge in [0.15, 0.2) is 0 Å². The van der Waals surface area contributed by atoms with E-state index >= 15 is 0 Å². The Hall–Kier alpha value is -1.88. The number of carbonyl (C=O) groups is 2. The van der Waals surface area contributed by atoms with Crippen molar-refractivity contribution in [1.82, 2.24) is 0 Å². The molecule has 1 atom stereocenters. The summed E-state index contributed by atoms with van der Waals surface area (Å²) in [6.07, 6.45) is -0.174. The molecule has 1 rings (SSSR count). The van der Waals surface area contributed by atoms with E-state index in [-0.39, 0.29) is 12.0 Å². The fourth-order valence-corrected chi connectivity index (χ4v) is 1.18. The van der Waals surface area contributed by atoms with E-state index in [2.05, 4.69) is 0 Å². The van der Waals surface area contributed by atoms with Gasteiger partial charge in [0.2, 0.25) is 0 Å². The third kappa shape index (κ3) is 3.07. The predicted molar refractivity (Wildman–Crippen MR) is 52.6 cm³/mol. The minimum Gasteiger partial charge on any atom is -0.481 e. The van der Waals surface area contributed by atoms with Gasteiger partial charge in [0.25, 0.3) is 0 Å². The van der Waals surface area contributed by atoms with Gasteiger partial charge >= 0.3 is 11.9 Å². The number of hydrogen-bond donors (Lipinski definition) is 3. The van der Waals surface area contributed by atoms with Crippen LogP contribution in [-0.2, 0) is 4.79 Å². The molecule has 0 saturated carbocycles. The van der Waals surface area contributed by atoms with E-state index in [0.29, 0.717) is 5.56 Å². The van der Waals surface area contributed by atoms with Crippen LogP contribution in [0.25, 0.3) is 0 Å². The van der Waals surface area contributed by atoms with E-state index in [9.17, 15) is 9.59 Å². The molecule has 0 fully saturated rings. The Morgan fingerprint density at radius 2 is 1.73 bits per heavy atom. The Balaban J connectivity index is 2.79. The van der Waals surface area contributed by atoms with Crippen LogP contribution in [0.3, 0.4) is 0 Å². The maximum absolute atomic E-state index is 10.5. The average Bonchev–Trinajstić information content (AvgIpc) is 2.17. The van der Waals surface area contributed by atoms with Crippen molar-refractivity contribution in [3.63, 3.8) is 0 Å². The first-order valence-corrected chi connectivity index (χ1v) is 4.31. The van der Waals surface area contributed by atoms with Crippen LogP contribution in [0.15, 0.2) is 24.3 Å². The van der Waals surface area contributed by atoms with Crippen molar-refractivity contribution in [2.45, 2.75) is 12.5 Å². The lowest BCUT2D eigenvalue weighted by molar-refractivity contribution is -0.137. The van der Waals surface area contributed by atoms with Crippen molar-refractivity contribution in [2.24, 2.45) is 5.73 Å². The lowest BCUT2D eigenvalue weighted by atomic mass is 10.0. The van der Waals surface area contributed by atoms with E-state index in [1.54, 1.807) is 0 Å². The van der Waals surface area contributed by atoms with Gasteiger partial charge in [-0.1, -0.05) is 12.1 Å². The van der Waals surface area contributed by atoms with E-state index in [1.165, 1.54) is 24.3 Å². The Kier molecular flexibility index (Phi) is 3.41. The second-order valence-corrected chi connectivity index (χ2v) is 3.13. The molecule has 0 aliphatic rings. The number of aliphatic carboxylic acids is 1. The summed E-state index contributed by atoms with van der Waals surface area (Å²) in [6, 6.07) is 5.25. The van der Waals surface area contributed by atoms with Crippen LogP contribution in [0, 0.1) is 0 Å². The fraction of sp³-hybridized carbons (Fsp3) is 0.200. The average molecular weight is 209 g/mol. The molecule has 0 saturated heterocycles. The lowest BCUT2D eigenvalue weighted by Crippen LogP contribution is -2.15. The summed E-state index contributed by atoms with van der Waals surface area (Å²) >= 11 is 0. The molecule has 0 bridgehead atoms. The maximum Gasteiger partial charge on any atom is 0.335 e. The van der Waals surface area contributed by atoms with Gasteiger partial charge in [0, 0.05) is 6.04 Å². The standard InChI is InChI=1S/C10H11NO4/c11-8(5-9(12)13)6-1-3-7(4-2-6)10(14)15/h1-4,8H,5,11H2,(H,12,13)(H,14,15)/t8-/m0/s1. The molecule has 0 aliphatic heterocycles. The van der Waals surface area contributed by atoms with Gasteiger partial charge in [-0.15, -0.1) is 0 Å². The van der Waals surface area contributed by atoms with Crippen molar-refractivity contribution in [3.05, 3.63) is 35.4 Å². The Bertz CT molecular complexity index is 372. The summed E-state index contributed by atoms with van der Waals surface area (Å²) in [4.78, 5) is 20.9. The highest BCUT2D eigenvalue weighted by Gasteiger charge is 2.11. The molecule has 1 aromatic carbocycles. The quantitative estimate of drug-likeness (QED) is 0.682. The zero-order chi connectivity index (χ0) is 11.4. The minimum absolute atomic E-state index is 0.154. The molecule has 0 aromatic heterocycles. The number of benzene rings is 1. The molecule has 0 spiro atoms. The van der Waals surface area contributed by atoms with Crippen molar-refractivity contribution in [3.8, 4) is 0 Å². The first-order chi connectivity index (χ1) is 7.00. The number of hydrogen-bond acceptors (Lipinski definition) is 3. The summed E-state index contributed by atoms with van der Waals surface area (Å²) in [6.45, 7) is 0. The van der Waals surface area contributed by atoms with E-state index < -0.39 is 18.0 Å². The molecule has 0 amide bonds. The molecule has 1 aromatic rings. The maximum atomic E-state index is 10.5. The minimum atomic E-state index is -1.02. The van der Waals surface area contributed by atoms with Crippen LogP contribution < -0.4 is 5.73 Å². The highest BCUT2D eigenvalue weighted by molar-refractivity contribution is 5.87. The summed E-state index contributed by atoms with van der Waals surface area (Å²) in [5.41, 5.74) is 6.36. The monoisotopic (exact) mass is 209 g/mol. The smallest absolute Gasteiger partial charge is 0.335 e. The van der Waals surface area contributed by atoms with Gasteiger partial charge in [-0.05, 0) is 17.7 Å². The molecule has 0 heterocycles. The number of carboxylic acids is 2. The van der Waals surface area contributed by atoms with Crippen molar-refractivity contribution in [1.29, 1.82) is 0 Å². The Morgan fingerprint density at radius 1 is 1.20 bits per heavy atom. The Labute approximate surface area is 86.1 Å². The van der Waals surface area contributed by atoms with Crippen LogP contribution in [-0.4, -0.2) is 22.2 Å². The van der Waals surface area contributed by atoms with Crippen LogP contribution in [0.1, 0.15) is 28.4 Å². The van der Waals surface area contributed by atoms with E-state index in [0.717, 1.165) is 0 Å². The van der Waals surface area contributed by atoms with Gasteiger partial charge in [0.1, 0.15) is 0 Å². The SMILES string of the molecule is N[C@@H](CC(=O)O)c1ccc(C(=O)O)cc1. The zero-order valence-electron chi connectivity index (χ0n) is 7.88. The van der Waals surface area contributed by atoms with Gasteiger partial charge in [-0.2, -0.15) is 0 Å². The third-order valence-corrected chi connectivity index (χ3v) is 1.98. The highest BCUT2D eigenvalue weighted by atomic mass is 16.4. The topological polar surface area (TPSA) is 101 Å². The van der Waals surface area contributed by atoms with Crippen LogP contribution in [0.4, 0.5) is 0 Å². The molecule has 5 heteroatoms. The van der Waals surface area contributed by atoms with Gasteiger partial charge in [0.05, 0.1) is 12.0 Å². The first kappa shape index (κ1) is 11.2. The second-order valence-electron chi connectivity index (χ2n) is 3.13. The molecule has 0 radical (unpaired) electrons. The van der Waals surface area contributed by atoms with Crippen molar-refractivity contribution < 1.29 is 19.8 Å². The first-order valence-electron chi connectivity index (χ1n) is 4.31. The van der Waals surface area contributed by atoms with Crippen molar-refractivity contribution >= 4 is 11.9 Å². The third-order valence-electron chi connectivity index (χ3n) is 1.98. The summed E-state index contributed by atoms with van der Waals surface area (Å²) in [7, 11) is 0. The molecular formula is C10H11NO4. The van der Waals surface area contributed by atoms with Gasteiger partial charge < -0.3 is 15.9 Å². The molecule has 0 unspecified atom stereocenters. The molecule has 80 valence electrons. The number of nitrogens with two attached hydrogens (primary N) is 1. The Morgan fingerprint density at radius 3 is 2.13 bits per heavy atom. The van der Waals surface area contributed by atoms with Crippen molar-refractivity contribution in [2.75, 3.05) is 0 Å². The van der Waals surface area contributed by atoms with E-state index in [1.807, 2.05) is 0 Å². The molecule has 0 aliphatic carbocycles. The molecular weight excluding hydrogens is 198 g/mol.